The van der Waals surface area contributed by atoms with Crippen molar-refractivity contribution in [1.82, 2.24) is 10.2 Å². The number of halogens is 3. The molecule has 1 rings (SSSR count). The summed E-state index contributed by atoms with van der Waals surface area (Å²) < 4.78 is 36.0. The van der Waals surface area contributed by atoms with Crippen molar-refractivity contribution in [2.75, 3.05) is 12.3 Å². The highest BCUT2D eigenvalue weighted by Gasteiger charge is 2.42. The number of aliphatic carboxylic acids is 1. The Morgan fingerprint density at radius 3 is 2.52 bits per heavy atom. The first-order chi connectivity index (χ1) is 9.63. The second-order valence-corrected chi connectivity index (χ2v) is 6.33. The molecule has 1 saturated heterocycles. The molecule has 9 heteroatoms. The number of hydrogen-bond acceptors (Lipinski definition) is 3. The van der Waals surface area contributed by atoms with Gasteiger partial charge in [-0.15, -0.1) is 11.8 Å². The van der Waals surface area contributed by atoms with Gasteiger partial charge in [0.1, 0.15) is 6.04 Å². The van der Waals surface area contributed by atoms with Crippen LogP contribution in [0.15, 0.2) is 0 Å². The highest BCUT2D eigenvalue weighted by molar-refractivity contribution is 8.00. The largest absolute Gasteiger partial charge is 0.480 e. The van der Waals surface area contributed by atoms with Gasteiger partial charge in [-0.25, -0.2) is 9.59 Å². The predicted molar refractivity (Wildman–Crippen MR) is 73.0 cm³/mol. The monoisotopic (exact) mass is 328 g/mol. The van der Waals surface area contributed by atoms with E-state index in [1.54, 1.807) is 0 Å². The third-order valence-electron chi connectivity index (χ3n) is 3.04. The fraction of sp³-hybridized carbons (Fsp3) is 0.833. The van der Waals surface area contributed by atoms with Gasteiger partial charge in [-0.05, 0) is 12.3 Å². The molecular formula is C12H19F3N2O3S. The molecule has 0 radical (unpaired) electrons. The second-order valence-electron chi connectivity index (χ2n) is 5.18. The van der Waals surface area contributed by atoms with Gasteiger partial charge < -0.3 is 10.4 Å². The van der Waals surface area contributed by atoms with Crippen molar-refractivity contribution >= 4 is 23.8 Å². The van der Waals surface area contributed by atoms with Crippen molar-refractivity contribution in [3.05, 3.63) is 0 Å². The Labute approximate surface area is 125 Å². The molecule has 122 valence electrons. The van der Waals surface area contributed by atoms with Crippen molar-refractivity contribution in [2.24, 2.45) is 5.92 Å². The molecule has 0 aromatic carbocycles. The topological polar surface area (TPSA) is 69.6 Å². The molecule has 0 spiro atoms. The maximum Gasteiger partial charge on any atom is 0.389 e. The van der Waals surface area contributed by atoms with E-state index in [4.69, 9.17) is 5.11 Å². The van der Waals surface area contributed by atoms with E-state index in [-0.39, 0.29) is 30.0 Å². The molecule has 2 amide bonds. The number of amides is 2. The standard InChI is InChI=1S/C12H19F3N2O3S/c1-7(2)9-17(8(6-21-9)10(18)19)11(20)16-5-3-4-12(13,14)15/h7-9H,3-6H2,1-2H3,(H,16,20)(H,18,19). The van der Waals surface area contributed by atoms with Crippen molar-refractivity contribution < 1.29 is 27.9 Å². The van der Waals surface area contributed by atoms with Crippen LogP contribution in [0.1, 0.15) is 26.7 Å². The van der Waals surface area contributed by atoms with E-state index >= 15 is 0 Å². The zero-order valence-corrected chi connectivity index (χ0v) is 12.6. The zero-order chi connectivity index (χ0) is 16.2. The molecule has 1 fully saturated rings. The molecule has 21 heavy (non-hydrogen) atoms. The summed E-state index contributed by atoms with van der Waals surface area (Å²) in [6.07, 6.45) is -5.45. The van der Waals surface area contributed by atoms with Crippen molar-refractivity contribution in [1.29, 1.82) is 0 Å². The lowest BCUT2D eigenvalue weighted by Gasteiger charge is -2.29. The summed E-state index contributed by atoms with van der Waals surface area (Å²) in [6, 6.07) is -1.56. The lowest BCUT2D eigenvalue weighted by atomic mass is 10.1. The van der Waals surface area contributed by atoms with Crippen LogP contribution in [-0.2, 0) is 4.79 Å². The maximum absolute atomic E-state index is 12.1. The average molecular weight is 328 g/mol. The summed E-state index contributed by atoms with van der Waals surface area (Å²) >= 11 is 1.37. The molecular weight excluding hydrogens is 309 g/mol. The first-order valence-electron chi connectivity index (χ1n) is 6.61. The van der Waals surface area contributed by atoms with Gasteiger partial charge in [0.2, 0.25) is 0 Å². The third-order valence-corrected chi connectivity index (χ3v) is 4.66. The first-order valence-corrected chi connectivity index (χ1v) is 7.65. The number of hydrogen-bond donors (Lipinski definition) is 2. The van der Waals surface area contributed by atoms with E-state index in [2.05, 4.69) is 5.32 Å². The van der Waals surface area contributed by atoms with E-state index in [0.717, 1.165) is 0 Å². The van der Waals surface area contributed by atoms with Gasteiger partial charge in [-0.3, -0.25) is 4.90 Å². The van der Waals surface area contributed by atoms with Gasteiger partial charge in [-0.2, -0.15) is 13.2 Å². The van der Waals surface area contributed by atoms with Crippen LogP contribution in [0, 0.1) is 5.92 Å². The number of carboxylic acids is 1. The fourth-order valence-electron chi connectivity index (χ4n) is 2.06. The lowest BCUT2D eigenvalue weighted by Crippen LogP contribution is -2.51. The van der Waals surface area contributed by atoms with Crippen LogP contribution in [0.3, 0.4) is 0 Å². The summed E-state index contributed by atoms with van der Waals surface area (Å²) in [6.45, 7) is 3.61. The minimum atomic E-state index is -4.25. The summed E-state index contributed by atoms with van der Waals surface area (Å²) in [5.74, 6) is -0.759. The van der Waals surface area contributed by atoms with Crippen LogP contribution in [0.5, 0.6) is 0 Å². The van der Waals surface area contributed by atoms with E-state index in [0.29, 0.717) is 0 Å². The van der Waals surface area contributed by atoms with Gasteiger partial charge in [0.05, 0.1) is 5.37 Å². The molecule has 0 aliphatic carbocycles. The molecule has 2 atom stereocenters. The van der Waals surface area contributed by atoms with Gasteiger partial charge >= 0.3 is 18.2 Å². The lowest BCUT2D eigenvalue weighted by molar-refractivity contribution is -0.141. The Balaban J connectivity index is 2.57. The SMILES string of the molecule is CC(C)C1SCC(C(=O)O)N1C(=O)NCCCC(F)(F)F. The van der Waals surface area contributed by atoms with Gasteiger partial charge in [-0.1, -0.05) is 13.8 Å². The molecule has 0 aromatic rings. The van der Waals surface area contributed by atoms with Crippen molar-refractivity contribution in [2.45, 2.75) is 44.3 Å². The number of carbonyl (C=O) groups excluding carboxylic acids is 1. The number of nitrogens with zero attached hydrogens (tertiary/aromatic N) is 1. The first kappa shape index (κ1) is 17.9. The molecule has 2 unspecified atom stereocenters. The molecule has 1 aliphatic heterocycles. The summed E-state index contributed by atoms with van der Waals surface area (Å²) in [7, 11) is 0. The Morgan fingerprint density at radius 1 is 1.43 bits per heavy atom. The van der Waals surface area contributed by atoms with Gasteiger partial charge in [0.25, 0.3) is 0 Å². The Kier molecular flexibility index (Phi) is 6.18. The number of carboxylic acid groups (broad SMARTS) is 1. The van der Waals surface area contributed by atoms with E-state index < -0.39 is 30.6 Å². The minimum Gasteiger partial charge on any atom is -0.480 e. The summed E-state index contributed by atoms with van der Waals surface area (Å²) in [5, 5.41) is 11.2. The third kappa shape index (κ3) is 5.29. The van der Waals surface area contributed by atoms with Crippen molar-refractivity contribution in [3.8, 4) is 0 Å². The molecule has 0 aromatic heterocycles. The number of thioether (sulfide) groups is 1. The number of alkyl halides is 3. The summed E-state index contributed by atoms with van der Waals surface area (Å²) in [5.41, 5.74) is 0. The van der Waals surface area contributed by atoms with Gasteiger partial charge in [0.15, 0.2) is 0 Å². The number of nitrogens with one attached hydrogen (secondary N) is 1. The van der Waals surface area contributed by atoms with Crippen molar-refractivity contribution in [3.63, 3.8) is 0 Å². The van der Waals surface area contributed by atoms with Crippen LogP contribution >= 0.6 is 11.8 Å². The molecule has 0 bridgehead atoms. The smallest absolute Gasteiger partial charge is 0.389 e. The second kappa shape index (κ2) is 7.24. The molecule has 1 heterocycles. The quantitative estimate of drug-likeness (QED) is 0.761. The molecule has 0 saturated carbocycles. The highest BCUT2D eigenvalue weighted by atomic mass is 32.2. The predicted octanol–water partition coefficient (Wildman–Crippen LogP) is 2.52. The van der Waals surface area contributed by atoms with Crippen LogP contribution in [0.4, 0.5) is 18.0 Å². The van der Waals surface area contributed by atoms with E-state index in [1.165, 1.54) is 16.7 Å². The van der Waals surface area contributed by atoms with E-state index in [1.807, 2.05) is 13.8 Å². The zero-order valence-electron chi connectivity index (χ0n) is 11.8. The van der Waals surface area contributed by atoms with Crippen LogP contribution in [0.25, 0.3) is 0 Å². The van der Waals surface area contributed by atoms with E-state index in [9.17, 15) is 22.8 Å². The average Bonchev–Trinajstić information content (AvgIpc) is 2.78. The Morgan fingerprint density at radius 2 is 2.05 bits per heavy atom. The van der Waals surface area contributed by atoms with Crippen LogP contribution in [0.2, 0.25) is 0 Å². The highest BCUT2D eigenvalue weighted by Crippen LogP contribution is 2.34. The number of rotatable bonds is 5. The molecule has 2 N–H and O–H groups in total. The van der Waals surface area contributed by atoms with Gasteiger partial charge in [0, 0.05) is 18.7 Å². The normalized spacial score (nSPS) is 22.7. The van der Waals surface area contributed by atoms with Crippen LogP contribution in [-0.4, -0.2) is 51.9 Å². The molecule has 5 nitrogen and oxygen atoms in total. The molecule has 1 aliphatic rings. The minimum absolute atomic E-state index is 0.0558. The summed E-state index contributed by atoms with van der Waals surface area (Å²) in [4.78, 5) is 24.4. The number of carbonyl (C=O) groups is 2. The Hall–Kier alpha value is -1.12. The van der Waals surface area contributed by atoms with Crippen LogP contribution < -0.4 is 5.32 Å². The fourth-order valence-corrected chi connectivity index (χ4v) is 3.53. The Bertz CT molecular complexity index is 390. The number of urea groups is 1. The maximum atomic E-state index is 12.1.